The highest BCUT2D eigenvalue weighted by molar-refractivity contribution is 5.77. The summed E-state index contributed by atoms with van der Waals surface area (Å²) in [6.45, 7) is 2.88. The van der Waals surface area contributed by atoms with Gasteiger partial charge in [0.15, 0.2) is 11.5 Å². The number of nitrogens with one attached hydrogen (secondary N) is 1. The van der Waals surface area contributed by atoms with Crippen LogP contribution in [0.25, 0.3) is 11.0 Å². The molecule has 2 aromatic carbocycles. The lowest BCUT2D eigenvalue weighted by atomic mass is 10.0. The quantitative estimate of drug-likeness (QED) is 0.712. The maximum atomic E-state index is 13.3. The molecule has 0 spiro atoms. The molecule has 3 aromatic rings. The lowest BCUT2D eigenvalue weighted by molar-refractivity contribution is 0.0482. The fourth-order valence-corrected chi connectivity index (χ4v) is 4.43. The molecule has 2 aliphatic rings. The highest BCUT2D eigenvalue weighted by Gasteiger charge is 2.28. The first-order valence-corrected chi connectivity index (χ1v) is 10.2. The van der Waals surface area contributed by atoms with E-state index >= 15 is 0 Å². The Hall–Kier alpha value is -3.00. The Balaban J connectivity index is 1.23. The van der Waals surface area contributed by atoms with Gasteiger partial charge in [-0.3, -0.25) is 9.47 Å². The van der Waals surface area contributed by atoms with Crippen LogP contribution in [-0.4, -0.2) is 53.9 Å². The topological polar surface area (TPSA) is 68.7 Å². The fourth-order valence-electron chi connectivity index (χ4n) is 4.43. The minimum absolute atomic E-state index is 0.0791. The van der Waals surface area contributed by atoms with Crippen molar-refractivity contribution in [3.8, 4) is 17.2 Å². The van der Waals surface area contributed by atoms with Gasteiger partial charge in [0.1, 0.15) is 24.3 Å². The van der Waals surface area contributed by atoms with Crippen LogP contribution < -0.4 is 19.9 Å². The Morgan fingerprint density at radius 2 is 2.00 bits per heavy atom. The molecule has 1 unspecified atom stereocenters. The van der Waals surface area contributed by atoms with E-state index in [4.69, 9.17) is 14.2 Å². The van der Waals surface area contributed by atoms with E-state index in [1.807, 2.05) is 22.8 Å². The van der Waals surface area contributed by atoms with Crippen LogP contribution >= 0.6 is 0 Å². The summed E-state index contributed by atoms with van der Waals surface area (Å²) in [5.74, 6) is 1.44. The highest BCUT2D eigenvalue weighted by Crippen LogP contribution is 2.33. The number of likely N-dealkylation sites (tertiary alicyclic amines) is 1. The van der Waals surface area contributed by atoms with Crippen molar-refractivity contribution in [1.29, 1.82) is 0 Å². The lowest BCUT2D eigenvalue weighted by Gasteiger charge is -2.36. The molecular weight excluding hydrogens is 389 g/mol. The summed E-state index contributed by atoms with van der Waals surface area (Å²) in [7, 11) is 1.62. The van der Waals surface area contributed by atoms with Crippen LogP contribution in [0.3, 0.4) is 0 Å². The van der Waals surface area contributed by atoms with Crippen molar-refractivity contribution in [3.63, 3.8) is 0 Å². The number of hydrogen-bond acceptors (Lipinski definition) is 5. The molecule has 1 fully saturated rings. The van der Waals surface area contributed by atoms with Crippen LogP contribution in [-0.2, 0) is 0 Å². The van der Waals surface area contributed by atoms with Gasteiger partial charge in [-0.1, -0.05) is 0 Å². The van der Waals surface area contributed by atoms with Crippen molar-refractivity contribution < 1.29 is 18.6 Å². The normalized spacial score (nSPS) is 19.9. The van der Waals surface area contributed by atoms with Gasteiger partial charge < -0.3 is 19.2 Å². The first-order valence-electron chi connectivity index (χ1n) is 10.2. The summed E-state index contributed by atoms with van der Waals surface area (Å²) in [6, 6.07) is 10.2. The Labute approximate surface area is 173 Å². The van der Waals surface area contributed by atoms with E-state index < -0.39 is 0 Å². The smallest absolute Gasteiger partial charge is 0.326 e. The maximum Gasteiger partial charge on any atom is 0.326 e. The molecule has 2 aliphatic heterocycles. The van der Waals surface area contributed by atoms with Gasteiger partial charge in [-0.2, -0.15) is 0 Å². The second kappa shape index (κ2) is 7.68. The van der Waals surface area contributed by atoms with Gasteiger partial charge >= 0.3 is 5.69 Å². The van der Waals surface area contributed by atoms with Crippen LogP contribution in [0.4, 0.5) is 4.39 Å². The minimum atomic E-state index is -0.330. The molecule has 0 amide bonds. The van der Waals surface area contributed by atoms with E-state index in [-0.39, 0.29) is 23.7 Å². The number of aromatic amines is 1. The SMILES string of the molecule is COc1ccc2c(c1)[nH]c(=O)n2C1CCN(CC2COc3cc(F)ccc3O2)CC1. The van der Waals surface area contributed by atoms with Crippen molar-refractivity contribution in [3.05, 3.63) is 52.7 Å². The van der Waals surface area contributed by atoms with Crippen molar-refractivity contribution in [1.82, 2.24) is 14.5 Å². The molecule has 0 bridgehead atoms. The van der Waals surface area contributed by atoms with Crippen LogP contribution in [0.2, 0.25) is 0 Å². The van der Waals surface area contributed by atoms with E-state index in [1.165, 1.54) is 12.1 Å². The minimum Gasteiger partial charge on any atom is -0.497 e. The number of H-pyrrole nitrogens is 1. The Morgan fingerprint density at radius 1 is 1.17 bits per heavy atom. The van der Waals surface area contributed by atoms with E-state index in [0.29, 0.717) is 18.1 Å². The zero-order valence-corrected chi connectivity index (χ0v) is 16.8. The van der Waals surface area contributed by atoms with E-state index in [0.717, 1.165) is 49.3 Å². The predicted molar refractivity (Wildman–Crippen MR) is 110 cm³/mol. The average molecular weight is 413 g/mol. The monoisotopic (exact) mass is 413 g/mol. The molecule has 5 rings (SSSR count). The molecule has 1 N–H and O–H groups in total. The van der Waals surface area contributed by atoms with Gasteiger partial charge in [0, 0.05) is 37.8 Å². The molecule has 1 aromatic heterocycles. The van der Waals surface area contributed by atoms with E-state index in [9.17, 15) is 9.18 Å². The summed E-state index contributed by atoms with van der Waals surface area (Å²) in [5, 5.41) is 0. The van der Waals surface area contributed by atoms with Crippen LogP contribution in [0.5, 0.6) is 17.2 Å². The number of methoxy groups -OCH3 is 1. The summed E-state index contributed by atoms with van der Waals surface area (Å²) >= 11 is 0. The molecule has 1 atom stereocenters. The molecule has 0 aliphatic carbocycles. The number of piperidine rings is 1. The van der Waals surface area contributed by atoms with Crippen LogP contribution in [0.1, 0.15) is 18.9 Å². The van der Waals surface area contributed by atoms with Gasteiger partial charge in [0.2, 0.25) is 0 Å². The van der Waals surface area contributed by atoms with Gasteiger partial charge in [-0.25, -0.2) is 9.18 Å². The van der Waals surface area contributed by atoms with Crippen LogP contribution in [0.15, 0.2) is 41.2 Å². The molecule has 30 heavy (non-hydrogen) atoms. The summed E-state index contributed by atoms with van der Waals surface area (Å²) < 4.78 is 32.1. The molecular formula is C22H24FN3O4. The number of halogens is 1. The molecule has 3 heterocycles. The fraction of sp³-hybridized carbons (Fsp3) is 0.409. The maximum absolute atomic E-state index is 13.3. The Bertz CT molecular complexity index is 1120. The zero-order chi connectivity index (χ0) is 20.7. The summed E-state index contributed by atoms with van der Waals surface area (Å²) in [5.41, 5.74) is 1.63. The molecule has 8 heteroatoms. The number of imidazole rings is 1. The average Bonchev–Trinajstić information content (AvgIpc) is 3.09. The molecule has 7 nitrogen and oxygen atoms in total. The summed E-state index contributed by atoms with van der Waals surface area (Å²) in [4.78, 5) is 17.8. The van der Waals surface area contributed by atoms with Crippen molar-refractivity contribution in [2.75, 3.05) is 33.4 Å². The molecule has 1 saturated heterocycles. The third-order valence-corrected chi connectivity index (χ3v) is 5.93. The number of rotatable bonds is 4. The Kier molecular flexibility index (Phi) is 4.86. The number of benzene rings is 2. The van der Waals surface area contributed by atoms with Gasteiger partial charge in [0.25, 0.3) is 0 Å². The first kappa shape index (κ1) is 19.0. The first-order chi connectivity index (χ1) is 14.6. The standard InChI is InChI=1S/C22H24FN3O4/c1-28-16-3-4-19-18(11-16)24-22(27)26(19)15-6-8-25(9-7-15)12-17-13-29-21-10-14(23)2-5-20(21)30-17/h2-5,10-11,15,17H,6-9,12-13H2,1H3,(H,24,27). The van der Waals surface area contributed by atoms with Crippen molar-refractivity contribution >= 4 is 11.0 Å². The second-order valence-electron chi connectivity index (χ2n) is 7.86. The predicted octanol–water partition coefficient (Wildman–Crippen LogP) is 2.95. The number of aromatic nitrogens is 2. The van der Waals surface area contributed by atoms with Gasteiger partial charge in [-0.05, 0) is 37.1 Å². The molecule has 158 valence electrons. The third kappa shape index (κ3) is 3.52. The third-order valence-electron chi connectivity index (χ3n) is 5.93. The number of hydrogen-bond donors (Lipinski definition) is 1. The van der Waals surface area contributed by atoms with E-state index in [1.54, 1.807) is 13.2 Å². The van der Waals surface area contributed by atoms with Gasteiger partial charge in [0.05, 0.1) is 18.1 Å². The zero-order valence-electron chi connectivity index (χ0n) is 16.8. The van der Waals surface area contributed by atoms with Gasteiger partial charge in [-0.15, -0.1) is 0 Å². The number of fused-ring (bicyclic) bond motifs is 2. The van der Waals surface area contributed by atoms with Crippen molar-refractivity contribution in [2.45, 2.75) is 25.0 Å². The lowest BCUT2D eigenvalue weighted by Crippen LogP contribution is -2.45. The molecule has 0 radical (unpaired) electrons. The highest BCUT2D eigenvalue weighted by atomic mass is 19.1. The number of nitrogens with zero attached hydrogens (tertiary/aromatic N) is 2. The summed E-state index contributed by atoms with van der Waals surface area (Å²) in [6.07, 6.45) is 1.67. The van der Waals surface area contributed by atoms with Crippen molar-refractivity contribution in [2.24, 2.45) is 0 Å². The van der Waals surface area contributed by atoms with Crippen LogP contribution in [0, 0.1) is 5.82 Å². The second-order valence-corrected chi connectivity index (χ2v) is 7.86. The largest absolute Gasteiger partial charge is 0.497 e. The van der Waals surface area contributed by atoms with E-state index in [2.05, 4.69) is 9.88 Å². The number of ether oxygens (including phenoxy) is 3. The Morgan fingerprint density at radius 3 is 2.80 bits per heavy atom. The molecule has 0 saturated carbocycles.